The van der Waals surface area contributed by atoms with Crippen molar-refractivity contribution >= 4 is 17.3 Å². The van der Waals surface area contributed by atoms with Crippen molar-refractivity contribution in [3.63, 3.8) is 0 Å². The Bertz CT molecular complexity index is 350. The Morgan fingerprint density at radius 3 is 2.42 bits per heavy atom. The molecule has 4 nitrogen and oxygen atoms in total. The third kappa shape index (κ3) is 6.71. The number of carbonyl (C=O) groups is 1. The predicted octanol–water partition coefficient (Wildman–Crippen LogP) is 2.37. The van der Waals surface area contributed by atoms with E-state index in [1.165, 1.54) is 4.88 Å². The van der Waals surface area contributed by atoms with Crippen molar-refractivity contribution in [2.75, 3.05) is 32.7 Å². The van der Waals surface area contributed by atoms with Gasteiger partial charge in [0.05, 0.1) is 6.42 Å². The fraction of sp³-hybridized carbons (Fsp3) is 0.643. The Labute approximate surface area is 119 Å². The molecule has 1 heterocycles. The van der Waals surface area contributed by atoms with Gasteiger partial charge in [0.2, 0.25) is 0 Å². The van der Waals surface area contributed by atoms with Crippen LogP contribution in [0.15, 0.2) is 17.5 Å². The maximum Gasteiger partial charge on any atom is 0.304 e. The second-order valence-corrected chi connectivity index (χ2v) is 5.56. The van der Waals surface area contributed by atoms with Crippen molar-refractivity contribution in [2.24, 2.45) is 0 Å². The number of rotatable bonds is 10. The van der Waals surface area contributed by atoms with Gasteiger partial charge in [0, 0.05) is 31.1 Å². The van der Waals surface area contributed by atoms with Crippen LogP contribution in [0.5, 0.6) is 0 Å². The summed E-state index contributed by atoms with van der Waals surface area (Å²) in [4.78, 5) is 16.6. The molecule has 19 heavy (non-hydrogen) atoms. The normalized spacial score (nSPS) is 11.4. The van der Waals surface area contributed by atoms with E-state index in [0.717, 1.165) is 32.7 Å². The van der Waals surface area contributed by atoms with Crippen LogP contribution in [0.4, 0.5) is 0 Å². The van der Waals surface area contributed by atoms with Crippen LogP contribution in [-0.4, -0.2) is 53.6 Å². The van der Waals surface area contributed by atoms with Crippen LogP contribution in [0.25, 0.3) is 0 Å². The van der Waals surface area contributed by atoms with E-state index in [2.05, 4.69) is 35.1 Å². The van der Waals surface area contributed by atoms with Gasteiger partial charge in [0.25, 0.3) is 0 Å². The van der Waals surface area contributed by atoms with E-state index in [-0.39, 0.29) is 6.42 Å². The lowest BCUT2D eigenvalue weighted by atomic mass is 10.3. The van der Waals surface area contributed by atoms with E-state index in [4.69, 9.17) is 5.11 Å². The molecular formula is C14H24N2O2S. The minimum absolute atomic E-state index is 0.212. The van der Waals surface area contributed by atoms with E-state index >= 15 is 0 Å². The zero-order chi connectivity index (χ0) is 14.1. The number of aliphatic carboxylic acids is 1. The zero-order valence-corrected chi connectivity index (χ0v) is 12.7. The summed E-state index contributed by atoms with van der Waals surface area (Å²) in [6.07, 6.45) is 0.212. The molecule has 1 aromatic rings. The van der Waals surface area contributed by atoms with Crippen molar-refractivity contribution < 1.29 is 9.90 Å². The van der Waals surface area contributed by atoms with Gasteiger partial charge in [-0.05, 0) is 24.5 Å². The van der Waals surface area contributed by atoms with Crippen molar-refractivity contribution in [3.05, 3.63) is 22.4 Å². The number of carboxylic acids is 1. The molecule has 0 fully saturated rings. The lowest BCUT2D eigenvalue weighted by Gasteiger charge is -2.25. The Hall–Kier alpha value is -0.910. The number of thiophene rings is 1. The van der Waals surface area contributed by atoms with Crippen molar-refractivity contribution in [3.8, 4) is 0 Å². The first kappa shape index (κ1) is 16.1. The number of hydrogen-bond acceptors (Lipinski definition) is 4. The highest BCUT2D eigenvalue weighted by Crippen LogP contribution is 2.12. The molecule has 0 amide bonds. The summed E-state index contributed by atoms with van der Waals surface area (Å²) in [5.74, 6) is -0.723. The van der Waals surface area contributed by atoms with Crippen LogP contribution in [0.3, 0.4) is 0 Å². The third-order valence-electron chi connectivity index (χ3n) is 3.23. The average molecular weight is 284 g/mol. The molecule has 1 N–H and O–H groups in total. The highest BCUT2D eigenvalue weighted by Gasteiger charge is 2.10. The molecule has 0 saturated heterocycles. The molecule has 0 saturated carbocycles. The highest BCUT2D eigenvalue weighted by molar-refractivity contribution is 7.09. The fourth-order valence-corrected chi connectivity index (χ4v) is 2.72. The molecular weight excluding hydrogens is 260 g/mol. The van der Waals surface area contributed by atoms with E-state index in [0.29, 0.717) is 6.54 Å². The van der Waals surface area contributed by atoms with Gasteiger partial charge in [0.1, 0.15) is 0 Å². The molecule has 0 aliphatic carbocycles. The Balaban J connectivity index is 2.46. The Morgan fingerprint density at radius 2 is 1.89 bits per heavy atom. The topological polar surface area (TPSA) is 43.8 Å². The lowest BCUT2D eigenvalue weighted by molar-refractivity contribution is -0.137. The minimum Gasteiger partial charge on any atom is -0.481 e. The van der Waals surface area contributed by atoms with Gasteiger partial charge in [-0.15, -0.1) is 11.3 Å². The molecule has 5 heteroatoms. The number of likely N-dealkylation sites (N-methyl/N-ethyl adjacent to an activating group) is 1. The monoisotopic (exact) mass is 284 g/mol. The molecule has 0 bridgehead atoms. The van der Waals surface area contributed by atoms with Crippen molar-refractivity contribution in [1.29, 1.82) is 0 Å². The van der Waals surface area contributed by atoms with Crippen LogP contribution < -0.4 is 0 Å². The zero-order valence-electron chi connectivity index (χ0n) is 11.8. The van der Waals surface area contributed by atoms with E-state index in [1.54, 1.807) is 11.3 Å². The molecule has 0 atom stereocenters. The maximum atomic E-state index is 10.7. The summed E-state index contributed by atoms with van der Waals surface area (Å²) in [5, 5.41) is 10.9. The first-order valence-corrected chi connectivity index (χ1v) is 7.72. The van der Waals surface area contributed by atoms with E-state index in [1.807, 2.05) is 6.07 Å². The molecule has 0 aromatic carbocycles. The van der Waals surface area contributed by atoms with E-state index < -0.39 is 5.97 Å². The summed E-state index contributed by atoms with van der Waals surface area (Å²) in [6.45, 7) is 9.80. The summed E-state index contributed by atoms with van der Waals surface area (Å²) >= 11 is 1.73. The number of carboxylic acid groups (broad SMARTS) is 1. The van der Waals surface area contributed by atoms with Gasteiger partial charge >= 0.3 is 5.97 Å². The van der Waals surface area contributed by atoms with Crippen molar-refractivity contribution in [2.45, 2.75) is 26.8 Å². The summed E-state index contributed by atoms with van der Waals surface area (Å²) in [5.41, 5.74) is 0. The quantitative estimate of drug-likeness (QED) is 0.716. The van der Waals surface area contributed by atoms with Crippen molar-refractivity contribution in [1.82, 2.24) is 9.80 Å². The van der Waals surface area contributed by atoms with Gasteiger partial charge in [-0.2, -0.15) is 0 Å². The first-order valence-electron chi connectivity index (χ1n) is 6.84. The average Bonchev–Trinajstić information content (AvgIpc) is 2.89. The summed E-state index contributed by atoms with van der Waals surface area (Å²) in [6, 6.07) is 4.15. The highest BCUT2D eigenvalue weighted by atomic mass is 32.1. The minimum atomic E-state index is -0.723. The molecule has 1 rings (SSSR count). The van der Waals surface area contributed by atoms with Gasteiger partial charge in [-0.25, -0.2) is 0 Å². The molecule has 0 unspecified atom stereocenters. The van der Waals surface area contributed by atoms with Crippen LogP contribution in [-0.2, 0) is 11.3 Å². The summed E-state index contributed by atoms with van der Waals surface area (Å²) < 4.78 is 0. The predicted molar refractivity (Wildman–Crippen MR) is 79.6 cm³/mol. The fourth-order valence-electron chi connectivity index (χ4n) is 1.97. The maximum absolute atomic E-state index is 10.7. The SMILES string of the molecule is CCN(CC)CCN(CCC(=O)O)Cc1cccs1. The molecule has 108 valence electrons. The second-order valence-electron chi connectivity index (χ2n) is 4.53. The van der Waals surface area contributed by atoms with Gasteiger partial charge in [-0.1, -0.05) is 19.9 Å². The third-order valence-corrected chi connectivity index (χ3v) is 4.09. The summed E-state index contributed by atoms with van der Waals surface area (Å²) in [7, 11) is 0. The number of hydrogen-bond donors (Lipinski definition) is 1. The molecule has 0 aliphatic rings. The molecule has 0 radical (unpaired) electrons. The van der Waals surface area contributed by atoms with Crippen LogP contribution >= 0.6 is 11.3 Å². The Morgan fingerprint density at radius 1 is 1.21 bits per heavy atom. The number of nitrogens with zero attached hydrogens (tertiary/aromatic N) is 2. The molecule has 0 aliphatic heterocycles. The van der Waals surface area contributed by atoms with Crippen LogP contribution in [0.2, 0.25) is 0 Å². The van der Waals surface area contributed by atoms with Gasteiger partial charge < -0.3 is 10.0 Å². The molecule has 1 aromatic heterocycles. The second kappa shape index (κ2) is 9.07. The van der Waals surface area contributed by atoms with Crippen LogP contribution in [0.1, 0.15) is 25.1 Å². The lowest BCUT2D eigenvalue weighted by Crippen LogP contribution is -2.35. The standard InChI is InChI=1S/C14H24N2O2S/c1-3-15(4-2)9-10-16(8-7-14(17)18)12-13-6-5-11-19-13/h5-6,11H,3-4,7-10,12H2,1-2H3,(H,17,18). The van der Waals surface area contributed by atoms with Crippen LogP contribution in [0, 0.1) is 0 Å². The van der Waals surface area contributed by atoms with E-state index in [9.17, 15) is 4.79 Å². The first-order chi connectivity index (χ1) is 9.15. The Kier molecular flexibility index (Phi) is 7.70. The largest absolute Gasteiger partial charge is 0.481 e. The molecule has 0 spiro atoms. The van der Waals surface area contributed by atoms with Gasteiger partial charge in [-0.3, -0.25) is 9.69 Å². The smallest absolute Gasteiger partial charge is 0.304 e. The van der Waals surface area contributed by atoms with Gasteiger partial charge in [0.15, 0.2) is 0 Å².